The molecule has 1 aromatic rings. The molecule has 0 aromatic heterocycles. The minimum absolute atomic E-state index is 0.173. The van der Waals surface area contributed by atoms with Gasteiger partial charge in [-0.3, -0.25) is 0 Å². The fourth-order valence-electron chi connectivity index (χ4n) is 2.66. The molecule has 1 saturated carbocycles. The van der Waals surface area contributed by atoms with E-state index in [0.29, 0.717) is 16.0 Å². The Morgan fingerprint density at radius 3 is 2.50 bits per heavy atom. The van der Waals surface area contributed by atoms with Gasteiger partial charge < -0.3 is 5.11 Å². The van der Waals surface area contributed by atoms with Gasteiger partial charge in [-0.1, -0.05) is 42.1 Å². The minimum atomic E-state index is 0.173. The summed E-state index contributed by atoms with van der Waals surface area (Å²) in [4.78, 5) is 0. The molecule has 16 heavy (non-hydrogen) atoms. The van der Waals surface area contributed by atoms with Crippen LogP contribution in [0, 0.1) is 5.92 Å². The first-order chi connectivity index (χ1) is 7.72. The Kier molecular flexibility index (Phi) is 4.12. The molecular formula is C13H16Cl2O. The van der Waals surface area contributed by atoms with Crippen molar-refractivity contribution < 1.29 is 5.11 Å². The van der Waals surface area contributed by atoms with Gasteiger partial charge in [0, 0.05) is 16.0 Å². The highest BCUT2D eigenvalue weighted by Gasteiger charge is 2.27. The molecule has 1 nitrogen and oxygen atoms in total. The average molecular weight is 259 g/mol. The van der Waals surface area contributed by atoms with Crippen molar-refractivity contribution in [3.63, 3.8) is 0 Å². The van der Waals surface area contributed by atoms with E-state index in [-0.39, 0.29) is 12.5 Å². The fourth-order valence-corrected chi connectivity index (χ4v) is 3.21. The topological polar surface area (TPSA) is 20.2 Å². The monoisotopic (exact) mass is 258 g/mol. The number of hydrogen-bond donors (Lipinski definition) is 1. The third-order valence-electron chi connectivity index (χ3n) is 3.53. The van der Waals surface area contributed by atoms with Crippen LogP contribution < -0.4 is 0 Å². The summed E-state index contributed by atoms with van der Waals surface area (Å²) in [5.41, 5.74) is 1.04. The van der Waals surface area contributed by atoms with E-state index in [1.165, 1.54) is 25.7 Å². The van der Waals surface area contributed by atoms with Crippen LogP contribution in [0.2, 0.25) is 10.0 Å². The van der Waals surface area contributed by atoms with Crippen LogP contribution >= 0.6 is 23.2 Å². The lowest BCUT2D eigenvalue weighted by Crippen LogP contribution is -2.14. The van der Waals surface area contributed by atoms with Crippen molar-refractivity contribution in [3.8, 4) is 0 Å². The smallest absolute Gasteiger partial charge is 0.0502 e. The third-order valence-corrected chi connectivity index (χ3v) is 4.09. The van der Waals surface area contributed by atoms with Crippen molar-refractivity contribution in [1.82, 2.24) is 0 Å². The van der Waals surface area contributed by atoms with Crippen molar-refractivity contribution in [3.05, 3.63) is 33.8 Å². The second kappa shape index (κ2) is 5.39. The van der Waals surface area contributed by atoms with Crippen LogP contribution in [0.15, 0.2) is 18.2 Å². The normalized spacial score (nSPS) is 18.9. The molecule has 0 radical (unpaired) electrons. The Balaban J connectivity index is 2.25. The van der Waals surface area contributed by atoms with Crippen molar-refractivity contribution in [1.29, 1.82) is 0 Å². The van der Waals surface area contributed by atoms with Gasteiger partial charge in [-0.25, -0.2) is 0 Å². The van der Waals surface area contributed by atoms with Gasteiger partial charge >= 0.3 is 0 Å². The van der Waals surface area contributed by atoms with Crippen LogP contribution in [0.3, 0.4) is 0 Å². The summed E-state index contributed by atoms with van der Waals surface area (Å²) >= 11 is 12.1. The summed E-state index contributed by atoms with van der Waals surface area (Å²) in [7, 11) is 0. The van der Waals surface area contributed by atoms with Crippen LogP contribution in [0.4, 0.5) is 0 Å². The van der Waals surface area contributed by atoms with E-state index >= 15 is 0 Å². The Morgan fingerprint density at radius 2 is 1.94 bits per heavy atom. The summed E-state index contributed by atoms with van der Waals surface area (Å²) in [6.45, 7) is 0.173. The van der Waals surface area contributed by atoms with Crippen LogP contribution in [0.5, 0.6) is 0 Å². The van der Waals surface area contributed by atoms with E-state index in [4.69, 9.17) is 23.2 Å². The molecule has 0 aliphatic heterocycles. The van der Waals surface area contributed by atoms with E-state index in [1.54, 1.807) is 6.07 Å². The molecule has 0 spiro atoms. The molecular weight excluding hydrogens is 243 g/mol. The molecule has 1 fully saturated rings. The molecule has 1 unspecified atom stereocenters. The van der Waals surface area contributed by atoms with Gasteiger partial charge in [0.2, 0.25) is 0 Å². The van der Waals surface area contributed by atoms with Crippen LogP contribution in [-0.2, 0) is 0 Å². The lowest BCUT2D eigenvalue weighted by molar-refractivity contribution is 0.226. The van der Waals surface area contributed by atoms with E-state index in [9.17, 15) is 5.11 Å². The maximum Gasteiger partial charge on any atom is 0.0502 e. The van der Waals surface area contributed by atoms with Crippen LogP contribution in [0.1, 0.15) is 37.2 Å². The molecule has 0 heterocycles. The Bertz CT molecular complexity index is 359. The Hall–Kier alpha value is -0.240. The lowest BCUT2D eigenvalue weighted by atomic mass is 9.85. The maximum absolute atomic E-state index is 9.54. The predicted octanol–water partition coefficient (Wildman–Crippen LogP) is 4.26. The van der Waals surface area contributed by atoms with Crippen LogP contribution in [0.25, 0.3) is 0 Å². The quantitative estimate of drug-likeness (QED) is 0.859. The van der Waals surface area contributed by atoms with Gasteiger partial charge in [0.25, 0.3) is 0 Å². The molecule has 88 valence electrons. The van der Waals surface area contributed by atoms with E-state index < -0.39 is 0 Å². The van der Waals surface area contributed by atoms with Gasteiger partial charge in [-0.2, -0.15) is 0 Å². The van der Waals surface area contributed by atoms with Crippen LogP contribution in [-0.4, -0.2) is 11.7 Å². The Morgan fingerprint density at radius 1 is 1.25 bits per heavy atom. The highest BCUT2D eigenvalue weighted by atomic mass is 35.5. The first-order valence-corrected chi connectivity index (χ1v) is 6.53. The number of rotatable bonds is 3. The summed E-state index contributed by atoms with van der Waals surface area (Å²) in [5, 5.41) is 10.9. The number of aliphatic hydroxyl groups excluding tert-OH is 1. The number of halogens is 2. The van der Waals surface area contributed by atoms with Gasteiger partial charge in [0.15, 0.2) is 0 Å². The van der Waals surface area contributed by atoms with Crippen molar-refractivity contribution in [2.45, 2.75) is 31.6 Å². The standard InChI is InChI=1S/C13H16Cl2O/c14-10-5-6-11(13(15)7-10)12(8-16)9-3-1-2-4-9/h5-7,9,12,16H,1-4,8H2. The second-order valence-corrected chi connectivity index (χ2v) is 5.34. The molecule has 3 heteroatoms. The first-order valence-electron chi connectivity index (χ1n) is 5.78. The zero-order valence-corrected chi connectivity index (χ0v) is 10.6. The van der Waals surface area contributed by atoms with Crippen molar-refractivity contribution in [2.24, 2.45) is 5.92 Å². The number of aliphatic hydroxyl groups is 1. The fraction of sp³-hybridized carbons (Fsp3) is 0.538. The van der Waals surface area contributed by atoms with E-state index in [0.717, 1.165) is 5.56 Å². The van der Waals surface area contributed by atoms with Crippen molar-refractivity contribution >= 4 is 23.2 Å². The third kappa shape index (κ3) is 2.53. The average Bonchev–Trinajstić information content (AvgIpc) is 2.75. The lowest BCUT2D eigenvalue weighted by Gasteiger charge is -2.22. The van der Waals surface area contributed by atoms with E-state index in [2.05, 4.69) is 0 Å². The molecule has 1 N–H and O–H groups in total. The molecule has 0 saturated heterocycles. The van der Waals surface area contributed by atoms with Gasteiger partial charge in [0.05, 0.1) is 6.61 Å². The van der Waals surface area contributed by atoms with Gasteiger partial charge in [-0.05, 0) is 36.5 Å². The minimum Gasteiger partial charge on any atom is -0.396 e. The van der Waals surface area contributed by atoms with Crippen molar-refractivity contribution in [2.75, 3.05) is 6.61 Å². The molecule has 1 atom stereocenters. The highest BCUT2D eigenvalue weighted by molar-refractivity contribution is 6.35. The predicted molar refractivity (Wildman–Crippen MR) is 68.2 cm³/mol. The number of hydrogen-bond acceptors (Lipinski definition) is 1. The van der Waals surface area contributed by atoms with Gasteiger partial charge in [0.1, 0.15) is 0 Å². The first kappa shape index (κ1) is 12.2. The summed E-state index contributed by atoms with van der Waals surface area (Å²) in [6, 6.07) is 5.56. The largest absolute Gasteiger partial charge is 0.396 e. The molecule has 1 aromatic carbocycles. The molecule has 0 amide bonds. The summed E-state index contributed by atoms with van der Waals surface area (Å²) in [6.07, 6.45) is 4.94. The SMILES string of the molecule is OCC(c1ccc(Cl)cc1Cl)C1CCCC1. The van der Waals surface area contributed by atoms with Gasteiger partial charge in [-0.15, -0.1) is 0 Å². The summed E-state index contributed by atoms with van der Waals surface area (Å²) in [5.74, 6) is 0.746. The molecule has 1 aliphatic carbocycles. The van der Waals surface area contributed by atoms with E-state index in [1.807, 2.05) is 12.1 Å². The number of benzene rings is 1. The summed E-state index contributed by atoms with van der Waals surface area (Å²) < 4.78 is 0. The molecule has 2 rings (SSSR count). The molecule has 1 aliphatic rings. The zero-order chi connectivity index (χ0) is 11.5. The second-order valence-electron chi connectivity index (χ2n) is 4.50. The highest BCUT2D eigenvalue weighted by Crippen LogP contribution is 2.39. The maximum atomic E-state index is 9.54. The molecule has 0 bridgehead atoms. The Labute approximate surface area is 106 Å². The zero-order valence-electron chi connectivity index (χ0n) is 9.13.